The summed E-state index contributed by atoms with van der Waals surface area (Å²) in [4.78, 5) is 14.9. The van der Waals surface area contributed by atoms with Gasteiger partial charge in [-0.15, -0.1) is 0 Å². The lowest BCUT2D eigenvalue weighted by molar-refractivity contribution is 1.07. The summed E-state index contributed by atoms with van der Waals surface area (Å²) < 4.78 is 0. The smallest absolute Gasteiger partial charge is 0.164 e. The van der Waals surface area contributed by atoms with Crippen LogP contribution in [0, 0.1) is 0 Å². The van der Waals surface area contributed by atoms with Crippen LogP contribution in [0.25, 0.3) is 78.7 Å². The van der Waals surface area contributed by atoms with Crippen LogP contribution in [0.5, 0.6) is 0 Å². The van der Waals surface area contributed by atoms with Crippen LogP contribution >= 0.6 is 0 Å². The first-order valence-electron chi connectivity index (χ1n) is 16.7. The van der Waals surface area contributed by atoms with Crippen molar-refractivity contribution < 1.29 is 0 Å². The Labute approximate surface area is 293 Å². The number of fused-ring (bicyclic) bond motifs is 3. The molecule has 0 amide bonds. The van der Waals surface area contributed by atoms with E-state index in [0.29, 0.717) is 17.5 Å². The quantitative estimate of drug-likeness (QED) is 0.181. The van der Waals surface area contributed by atoms with E-state index in [2.05, 4.69) is 115 Å². The van der Waals surface area contributed by atoms with E-state index in [1.54, 1.807) is 0 Å². The van der Waals surface area contributed by atoms with Gasteiger partial charge in [0.25, 0.3) is 0 Å². The Bertz CT molecular complexity index is 2390. The molecule has 3 heteroatoms. The lowest BCUT2D eigenvalue weighted by Crippen LogP contribution is -2.00. The van der Waals surface area contributed by atoms with Gasteiger partial charge in [0.15, 0.2) is 17.5 Å². The molecule has 238 valence electrons. The van der Waals surface area contributed by atoms with Crippen molar-refractivity contribution in [2.45, 2.75) is 13.8 Å². The Hall–Kier alpha value is -6.45. The van der Waals surface area contributed by atoms with Crippen LogP contribution in [0.2, 0.25) is 0 Å². The highest BCUT2D eigenvalue weighted by molar-refractivity contribution is 5.88. The number of rotatable bonds is 6. The van der Waals surface area contributed by atoms with Gasteiger partial charge in [0.2, 0.25) is 0 Å². The average molecular weight is 642 g/mol. The van der Waals surface area contributed by atoms with E-state index in [9.17, 15) is 0 Å². The molecule has 0 saturated heterocycles. The van der Waals surface area contributed by atoms with Gasteiger partial charge >= 0.3 is 0 Å². The van der Waals surface area contributed by atoms with Gasteiger partial charge in [0.05, 0.1) is 0 Å². The third-order valence-corrected chi connectivity index (χ3v) is 9.36. The summed E-state index contributed by atoms with van der Waals surface area (Å²) in [7, 11) is 0. The van der Waals surface area contributed by atoms with Crippen molar-refractivity contribution in [3.05, 3.63) is 187 Å². The molecule has 0 aliphatic heterocycles. The molecule has 0 unspecified atom stereocenters. The third-order valence-electron chi connectivity index (χ3n) is 9.36. The van der Waals surface area contributed by atoms with Gasteiger partial charge in [0.1, 0.15) is 0 Å². The van der Waals surface area contributed by atoms with E-state index < -0.39 is 0 Å². The molecule has 9 rings (SSSR count). The van der Waals surface area contributed by atoms with E-state index >= 15 is 0 Å². The van der Waals surface area contributed by atoms with Crippen molar-refractivity contribution in [3.8, 4) is 78.7 Å². The summed E-state index contributed by atoms with van der Waals surface area (Å²) in [5.41, 5.74) is 15.4. The first-order chi connectivity index (χ1) is 24.3. The highest BCUT2D eigenvalue weighted by atomic mass is 15.0. The average Bonchev–Trinajstić information content (AvgIpc) is 3.58. The minimum Gasteiger partial charge on any atom is -0.208 e. The lowest BCUT2D eigenvalue weighted by atomic mass is 9.90. The summed E-state index contributed by atoms with van der Waals surface area (Å²) in [6.45, 7) is 0. The molecular weight excluding hydrogens is 607 g/mol. The Balaban J connectivity index is 0.00000361. The molecule has 0 saturated carbocycles. The molecule has 1 aromatic heterocycles. The Morgan fingerprint density at radius 3 is 1.38 bits per heavy atom. The first kappa shape index (κ1) is 30.9. The van der Waals surface area contributed by atoms with Crippen LogP contribution in [0.3, 0.4) is 0 Å². The second kappa shape index (κ2) is 13.2. The fraction of sp³-hybridized carbons (Fsp3) is 0.0426. The highest BCUT2D eigenvalue weighted by Crippen LogP contribution is 2.43. The lowest BCUT2D eigenvalue weighted by Gasteiger charge is -2.15. The van der Waals surface area contributed by atoms with Crippen molar-refractivity contribution in [2.24, 2.45) is 0 Å². The minimum absolute atomic E-state index is 0. The van der Waals surface area contributed by atoms with E-state index in [1.165, 1.54) is 44.5 Å². The van der Waals surface area contributed by atoms with Crippen LogP contribution in [-0.2, 0) is 6.42 Å². The SMILES string of the molecule is C.c1ccc(-c2cc(-c3cccc(-c4nc(-c5ccccc5)nc(-c5ccccc5)n4)c3)cc(-c3cccc4c3Cc3ccccc3-4)c2)cc1. The van der Waals surface area contributed by atoms with Crippen molar-refractivity contribution in [2.75, 3.05) is 0 Å². The second-order valence-corrected chi connectivity index (χ2v) is 12.4. The van der Waals surface area contributed by atoms with E-state index in [-0.39, 0.29) is 7.43 Å². The normalized spacial score (nSPS) is 11.4. The predicted molar refractivity (Wildman–Crippen MR) is 207 cm³/mol. The summed E-state index contributed by atoms with van der Waals surface area (Å²) in [5, 5.41) is 0. The Morgan fingerprint density at radius 1 is 0.300 bits per heavy atom. The molecule has 0 bridgehead atoms. The largest absolute Gasteiger partial charge is 0.208 e. The van der Waals surface area contributed by atoms with E-state index in [1.807, 2.05) is 60.7 Å². The highest BCUT2D eigenvalue weighted by Gasteiger charge is 2.22. The summed E-state index contributed by atoms with van der Waals surface area (Å²) in [5.74, 6) is 1.96. The number of hydrogen-bond acceptors (Lipinski definition) is 3. The third kappa shape index (κ3) is 5.80. The predicted octanol–water partition coefficient (Wildman–Crippen LogP) is 12.1. The van der Waals surface area contributed by atoms with Crippen LogP contribution in [-0.4, -0.2) is 15.0 Å². The molecule has 1 heterocycles. The van der Waals surface area contributed by atoms with Gasteiger partial charge in [0, 0.05) is 16.7 Å². The van der Waals surface area contributed by atoms with Gasteiger partial charge in [-0.1, -0.05) is 159 Å². The molecule has 0 radical (unpaired) electrons. The Kier molecular flexibility index (Phi) is 8.16. The molecule has 7 aromatic carbocycles. The van der Waals surface area contributed by atoms with Crippen molar-refractivity contribution in [3.63, 3.8) is 0 Å². The van der Waals surface area contributed by atoms with E-state index in [4.69, 9.17) is 15.0 Å². The van der Waals surface area contributed by atoms with Crippen LogP contribution in [0.15, 0.2) is 176 Å². The van der Waals surface area contributed by atoms with Gasteiger partial charge in [-0.05, 0) is 86.3 Å². The Morgan fingerprint density at radius 2 is 0.720 bits per heavy atom. The maximum absolute atomic E-state index is 5.00. The topological polar surface area (TPSA) is 38.7 Å². The number of nitrogens with zero attached hydrogens (tertiary/aromatic N) is 3. The first-order valence-corrected chi connectivity index (χ1v) is 16.7. The standard InChI is InChI=1S/C46H31N3.CH4/c1-4-14-31(15-5-1)37-27-38(29-39(28-37)41-24-13-25-42-40-23-11-10-20-35(40)30-43(41)42)34-21-12-22-36(26-34)46-48-44(32-16-6-2-7-17-32)47-45(49-46)33-18-8-3-9-19-33;/h1-29H,30H2;1H4. The molecule has 1 aliphatic carbocycles. The van der Waals surface area contributed by atoms with Crippen LogP contribution < -0.4 is 0 Å². The molecule has 0 N–H and O–H groups in total. The zero-order valence-corrected chi connectivity index (χ0v) is 26.8. The maximum Gasteiger partial charge on any atom is 0.164 e. The van der Waals surface area contributed by atoms with Crippen molar-refractivity contribution >= 4 is 0 Å². The summed E-state index contributed by atoms with van der Waals surface area (Å²) >= 11 is 0. The van der Waals surface area contributed by atoms with Crippen LogP contribution in [0.4, 0.5) is 0 Å². The van der Waals surface area contributed by atoms with Crippen LogP contribution in [0.1, 0.15) is 18.6 Å². The fourth-order valence-corrected chi connectivity index (χ4v) is 6.95. The second-order valence-electron chi connectivity index (χ2n) is 12.4. The zero-order valence-electron chi connectivity index (χ0n) is 26.8. The molecular formula is C47H35N3. The number of hydrogen-bond donors (Lipinski definition) is 0. The number of benzene rings is 7. The molecule has 0 spiro atoms. The van der Waals surface area contributed by atoms with Gasteiger partial charge in [-0.3, -0.25) is 0 Å². The van der Waals surface area contributed by atoms with Gasteiger partial charge in [-0.25, -0.2) is 15.0 Å². The molecule has 0 atom stereocenters. The summed E-state index contributed by atoms with van der Waals surface area (Å²) in [6, 6.07) is 62.0. The minimum atomic E-state index is 0. The fourth-order valence-electron chi connectivity index (χ4n) is 6.95. The van der Waals surface area contributed by atoms with Gasteiger partial charge < -0.3 is 0 Å². The molecule has 1 aliphatic rings. The van der Waals surface area contributed by atoms with Crippen molar-refractivity contribution in [1.82, 2.24) is 15.0 Å². The molecule has 3 nitrogen and oxygen atoms in total. The van der Waals surface area contributed by atoms with Gasteiger partial charge in [-0.2, -0.15) is 0 Å². The monoisotopic (exact) mass is 641 g/mol. The summed E-state index contributed by atoms with van der Waals surface area (Å²) in [6.07, 6.45) is 0.939. The zero-order chi connectivity index (χ0) is 32.6. The van der Waals surface area contributed by atoms with Crippen molar-refractivity contribution in [1.29, 1.82) is 0 Å². The number of aromatic nitrogens is 3. The molecule has 0 fully saturated rings. The molecule has 8 aromatic rings. The maximum atomic E-state index is 5.00. The molecule has 50 heavy (non-hydrogen) atoms. The van der Waals surface area contributed by atoms with E-state index in [0.717, 1.165) is 34.2 Å².